The number of hydrogen-bond donors (Lipinski definition) is 0. The van der Waals surface area contributed by atoms with E-state index in [1.165, 1.54) is 16.7 Å². The third-order valence-electron chi connectivity index (χ3n) is 4.89. The molecular weight excluding hydrogens is 336 g/mol. The maximum absolute atomic E-state index is 6.08. The Morgan fingerprint density at radius 1 is 1.15 bits per heavy atom. The summed E-state index contributed by atoms with van der Waals surface area (Å²) in [5.41, 5.74) is 3.82. The highest BCUT2D eigenvalue weighted by atomic mass is 16.5. The van der Waals surface area contributed by atoms with Crippen molar-refractivity contribution in [3.05, 3.63) is 94.7 Å². The summed E-state index contributed by atoms with van der Waals surface area (Å²) in [5.74, 6) is 3.07. The van der Waals surface area contributed by atoms with E-state index in [0.717, 1.165) is 36.5 Å². The highest BCUT2D eigenvalue weighted by molar-refractivity contribution is 5.34. The minimum atomic E-state index is 0.384. The van der Waals surface area contributed by atoms with Gasteiger partial charge >= 0.3 is 0 Å². The first-order chi connectivity index (χ1) is 13.2. The fourth-order valence-electron chi connectivity index (χ4n) is 3.41. The number of benzene rings is 1. The van der Waals surface area contributed by atoms with Crippen LogP contribution in [0.4, 0.5) is 0 Å². The second kappa shape index (κ2) is 9.31. The van der Waals surface area contributed by atoms with Gasteiger partial charge in [0.1, 0.15) is 5.76 Å². The van der Waals surface area contributed by atoms with Crippen molar-refractivity contribution in [1.82, 2.24) is 0 Å². The van der Waals surface area contributed by atoms with Crippen molar-refractivity contribution in [2.75, 3.05) is 20.8 Å². The predicted molar refractivity (Wildman–Crippen MR) is 109 cm³/mol. The third kappa shape index (κ3) is 5.16. The molecule has 0 unspecified atom stereocenters. The van der Waals surface area contributed by atoms with Crippen LogP contribution in [0.3, 0.4) is 0 Å². The highest BCUT2D eigenvalue weighted by Crippen LogP contribution is 2.30. The SMILES string of the molecule is COC1=C(OC)CC=CC(CCOC2=CC=C[C@H](c3cccc(C)c3)C2)=C1. The molecule has 27 heavy (non-hydrogen) atoms. The highest BCUT2D eigenvalue weighted by Gasteiger charge is 2.15. The van der Waals surface area contributed by atoms with Crippen LogP contribution in [0.5, 0.6) is 0 Å². The van der Waals surface area contributed by atoms with E-state index in [0.29, 0.717) is 12.5 Å². The quantitative estimate of drug-likeness (QED) is 0.619. The molecule has 0 heterocycles. The van der Waals surface area contributed by atoms with Crippen LogP contribution in [0.15, 0.2) is 83.6 Å². The first-order valence-corrected chi connectivity index (χ1v) is 9.44. The lowest BCUT2D eigenvalue weighted by Gasteiger charge is -2.20. The van der Waals surface area contributed by atoms with Crippen LogP contribution >= 0.6 is 0 Å². The molecule has 1 atom stereocenters. The Kier molecular flexibility index (Phi) is 6.59. The van der Waals surface area contributed by atoms with Crippen LogP contribution in [0.2, 0.25) is 0 Å². The first kappa shape index (κ1) is 19.1. The minimum Gasteiger partial charge on any atom is -0.498 e. The summed E-state index contributed by atoms with van der Waals surface area (Å²) in [7, 11) is 3.35. The molecule has 0 saturated heterocycles. The van der Waals surface area contributed by atoms with Crippen molar-refractivity contribution in [3.63, 3.8) is 0 Å². The predicted octanol–water partition coefficient (Wildman–Crippen LogP) is 5.72. The van der Waals surface area contributed by atoms with Crippen LogP contribution in [-0.2, 0) is 14.2 Å². The molecule has 0 radical (unpaired) electrons. The van der Waals surface area contributed by atoms with E-state index in [1.807, 2.05) is 6.08 Å². The van der Waals surface area contributed by atoms with Crippen molar-refractivity contribution >= 4 is 0 Å². The largest absolute Gasteiger partial charge is 0.498 e. The molecule has 1 aromatic carbocycles. The summed E-state index contributed by atoms with van der Waals surface area (Å²) in [6.45, 7) is 2.78. The summed E-state index contributed by atoms with van der Waals surface area (Å²) >= 11 is 0. The molecule has 0 fully saturated rings. The van der Waals surface area contributed by atoms with Crippen molar-refractivity contribution in [2.24, 2.45) is 0 Å². The molecule has 0 spiro atoms. The fourth-order valence-corrected chi connectivity index (χ4v) is 3.41. The Hall–Kier alpha value is -2.68. The molecule has 0 saturated carbocycles. The Labute approximate surface area is 162 Å². The van der Waals surface area contributed by atoms with Gasteiger partial charge in [0.25, 0.3) is 0 Å². The van der Waals surface area contributed by atoms with E-state index in [4.69, 9.17) is 14.2 Å². The zero-order chi connectivity index (χ0) is 19.1. The van der Waals surface area contributed by atoms with Crippen molar-refractivity contribution in [2.45, 2.75) is 32.1 Å². The Morgan fingerprint density at radius 2 is 2.04 bits per heavy atom. The number of methoxy groups -OCH3 is 2. The van der Waals surface area contributed by atoms with E-state index < -0.39 is 0 Å². The molecule has 0 aliphatic heterocycles. The fraction of sp³-hybridized carbons (Fsp3) is 0.333. The van der Waals surface area contributed by atoms with Gasteiger partial charge in [0.15, 0.2) is 5.76 Å². The van der Waals surface area contributed by atoms with Gasteiger partial charge in [-0.15, -0.1) is 0 Å². The van der Waals surface area contributed by atoms with E-state index >= 15 is 0 Å². The minimum absolute atomic E-state index is 0.384. The van der Waals surface area contributed by atoms with Crippen molar-refractivity contribution < 1.29 is 14.2 Å². The van der Waals surface area contributed by atoms with Gasteiger partial charge in [0.05, 0.1) is 26.6 Å². The number of allylic oxidation sites excluding steroid dienone is 7. The molecule has 2 aliphatic rings. The number of hydrogen-bond acceptors (Lipinski definition) is 3. The maximum Gasteiger partial charge on any atom is 0.157 e. The van der Waals surface area contributed by atoms with Gasteiger partial charge in [-0.1, -0.05) is 54.1 Å². The normalized spacial score (nSPS) is 19.3. The van der Waals surface area contributed by atoms with Gasteiger partial charge in [0.2, 0.25) is 0 Å². The summed E-state index contributed by atoms with van der Waals surface area (Å²) in [5, 5.41) is 0. The van der Waals surface area contributed by atoms with E-state index in [-0.39, 0.29) is 0 Å². The molecule has 0 aromatic heterocycles. The zero-order valence-corrected chi connectivity index (χ0v) is 16.4. The van der Waals surface area contributed by atoms with Gasteiger partial charge in [-0.25, -0.2) is 0 Å². The standard InChI is InChI=1S/C24H28O3/c1-18-7-4-9-20(15-18)21-10-6-11-22(17-21)27-14-13-19-8-5-12-23(25-2)24(16-19)26-3/h4-11,15-16,21H,12-14,17H2,1-3H3/t21-/m0/s1. The number of ether oxygens (including phenoxy) is 3. The second-order valence-electron chi connectivity index (χ2n) is 6.86. The van der Waals surface area contributed by atoms with Crippen LogP contribution in [0.25, 0.3) is 0 Å². The van der Waals surface area contributed by atoms with E-state index in [2.05, 4.69) is 61.6 Å². The lowest BCUT2D eigenvalue weighted by atomic mass is 9.91. The number of rotatable bonds is 7. The van der Waals surface area contributed by atoms with Crippen LogP contribution in [0, 0.1) is 6.92 Å². The average Bonchev–Trinajstić information content (AvgIpc) is 2.90. The summed E-state index contributed by atoms with van der Waals surface area (Å²) < 4.78 is 16.9. The van der Waals surface area contributed by atoms with Gasteiger partial charge < -0.3 is 14.2 Å². The van der Waals surface area contributed by atoms with E-state index in [9.17, 15) is 0 Å². The Balaban J connectivity index is 1.56. The monoisotopic (exact) mass is 364 g/mol. The molecule has 0 bridgehead atoms. The first-order valence-electron chi connectivity index (χ1n) is 9.44. The molecule has 3 rings (SSSR count). The lowest BCUT2D eigenvalue weighted by Crippen LogP contribution is -2.05. The molecule has 142 valence electrons. The molecular formula is C24H28O3. The van der Waals surface area contributed by atoms with Gasteiger partial charge in [-0.05, 0) is 30.2 Å². The smallest absolute Gasteiger partial charge is 0.157 e. The van der Waals surface area contributed by atoms with Crippen LogP contribution in [-0.4, -0.2) is 20.8 Å². The maximum atomic E-state index is 6.08. The molecule has 0 N–H and O–H groups in total. The Bertz CT molecular complexity index is 809. The second-order valence-corrected chi connectivity index (χ2v) is 6.86. The van der Waals surface area contributed by atoms with Crippen molar-refractivity contribution in [3.8, 4) is 0 Å². The summed E-state index contributed by atoms with van der Waals surface area (Å²) in [6.07, 6.45) is 15.2. The average molecular weight is 364 g/mol. The van der Waals surface area contributed by atoms with E-state index in [1.54, 1.807) is 14.2 Å². The van der Waals surface area contributed by atoms with Gasteiger partial charge in [0, 0.05) is 25.2 Å². The summed E-state index contributed by atoms with van der Waals surface area (Å²) in [4.78, 5) is 0. The van der Waals surface area contributed by atoms with Crippen molar-refractivity contribution in [1.29, 1.82) is 0 Å². The molecule has 1 aromatic rings. The molecule has 3 nitrogen and oxygen atoms in total. The number of aryl methyl sites for hydroxylation is 1. The molecule has 0 amide bonds. The summed E-state index contributed by atoms with van der Waals surface area (Å²) in [6, 6.07) is 8.70. The lowest BCUT2D eigenvalue weighted by molar-refractivity contribution is 0.202. The van der Waals surface area contributed by atoms with Gasteiger partial charge in [-0.3, -0.25) is 0 Å². The Morgan fingerprint density at radius 3 is 2.81 bits per heavy atom. The van der Waals surface area contributed by atoms with Crippen LogP contribution < -0.4 is 0 Å². The zero-order valence-electron chi connectivity index (χ0n) is 16.4. The molecule has 3 heteroatoms. The third-order valence-corrected chi connectivity index (χ3v) is 4.89. The van der Waals surface area contributed by atoms with Gasteiger partial charge in [-0.2, -0.15) is 0 Å². The topological polar surface area (TPSA) is 27.7 Å². The molecule has 2 aliphatic carbocycles. The van der Waals surface area contributed by atoms with Crippen LogP contribution in [0.1, 0.15) is 36.3 Å².